The molecule has 0 radical (unpaired) electrons. The van der Waals surface area contributed by atoms with Gasteiger partial charge in [0.1, 0.15) is 5.82 Å². The van der Waals surface area contributed by atoms with Crippen LogP contribution in [0.4, 0.5) is 0 Å². The molecule has 0 aliphatic carbocycles. The molecule has 0 saturated heterocycles. The van der Waals surface area contributed by atoms with E-state index in [0.717, 1.165) is 40.3 Å². The van der Waals surface area contributed by atoms with E-state index in [0.29, 0.717) is 12.3 Å². The van der Waals surface area contributed by atoms with E-state index in [2.05, 4.69) is 46.0 Å². The summed E-state index contributed by atoms with van der Waals surface area (Å²) in [4.78, 5) is 19.8. The second-order valence-corrected chi connectivity index (χ2v) is 11.5. The van der Waals surface area contributed by atoms with Crippen LogP contribution < -0.4 is 0 Å². The SMILES string of the molecule is CCn1c(CSc2nc3ccccc3s2)nnc1SC(C)C(=O)N1CCc2ccccc2C1. The number of hydrogen-bond donors (Lipinski definition) is 0. The van der Waals surface area contributed by atoms with Gasteiger partial charge >= 0.3 is 0 Å². The van der Waals surface area contributed by atoms with Gasteiger partial charge in [0.05, 0.1) is 21.2 Å². The third kappa shape index (κ3) is 4.81. The highest BCUT2D eigenvalue weighted by Gasteiger charge is 2.27. The lowest BCUT2D eigenvalue weighted by Crippen LogP contribution is -2.40. The van der Waals surface area contributed by atoms with Crippen LogP contribution in [0.1, 0.15) is 30.8 Å². The van der Waals surface area contributed by atoms with Crippen LogP contribution in [0.25, 0.3) is 10.2 Å². The number of para-hydroxylation sites is 1. The van der Waals surface area contributed by atoms with Gasteiger partial charge in [-0.1, -0.05) is 59.9 Å². The van der Waals surface area contributed by atoms with Crippen LogP contribution in [0.15, 0.2) is 58.0 Å². The van der Waals surface area contributed by atoms with E-state index < -0.39 is 0 Å². The molecule has 1 unspecified atom stereocenters. The van der Waals surface area contributed by atoms with Crippen LogP contribution >= 0.6 is 34.9 Å². The van der Waals surface area contributed by atoms with Crippen LogP contribution in [-0.2, 0) is 30.1 Å². The monoisotopic (exact) mass is 495 g/mol. The van der Waals surface area contributed by atoms with Crippen molar-refractivity contribution >= 4 is 51.0 Å². The fourth-order valence-electron chi connectivity index (χ4n) is 4.02. The average Bonchev–Trinajstić information content (AvgIpc) is 3.44. The molecule has 0 spiro atoms. The van der Waals surface area contributed by atoms with E-state index >= 15 is 0 Å². The maximum Gasteiger partial charge on any atom is 0.236 e. The first-order chi connectivity index (χ1) is 16.1. The second kappa shape index (κ2) is 9.87. The lowest BCUT2D eigenvalue weighted by atomic mass is 10.00. The molecule has 5 rings (SSSR count). The fraction of sp³-hybridized carbons (Fsp3) is 0.333. The summed E-state index contributed by atoms with van der Waals surface area (Å²) >= 11 is 4.88. The summed E-state index contributed by atoms with van der Waals surface area (Å²) < 4.78 is 4.34. The minimum Gasteiger partial charge on any atom is -0.337 e. The summed E-state index contributed by atoms with van der Waals surface area (Å²) in [6, 6.07) is 16.6. The van der Waals surface area contributed by atoms with E-state index in [4.69, 9.17) is 4.98 Å². The van der Waals surface area contributed by atoms with Gasteiger partial charge in [0, 0.05) is 19.6 Å². The van der Waals surface area contributed by atoms with Crippen molar-refractivity contribution in [3.63, 3.8) is 0 Å². The molecule has 0 fully saturated rings. The highest BCUT2D eigenvalue weighted by molar-refractivity contribution is 8.00. The lowest BCUT2D eigenvalue weighted by molar-refractivity contribution is -0.131. The zero-order chi connectivity index (χ0) is 22.8. The van der Waals surface area contributed by atoms with Crippen LogP contribution in [-0.4, -0.2) is 42.4 Å². The number of carbonyl (C=O) groups excluding carboxylic acids is 1. The predicted molar refractivity (Wildman–Crippen MR) is 136 cm³/mol. The maximum atomic E-state index is 13.2. The maximum absolute atomic E-state index is 13.2. The summed E-state index contributed by atoms with van der Waals surface area (Å²) in [5.74, 6) is 1.77. The first-order valence-corrected chi connectivity index (χ1v) is 13.7. The van der Waals surface area contributed by atoms with Crippen LogP contribution in [0, 0.1) is 0 Å². The van der Waals surface area contributed by atoms with E-state index in [1.54, 1.807) is 23.1 Å². The van der Waals surface area contributed by atoms with Crippen molar-refractivity contribution in [1.29, 1.82) is 0 Å². The standard InChI is InChI=1S/C24H25N5OS3/c1-3-29-21(15-31-24-25-19-10-6-7-11-20(19)33-24)26-27-23(29)32-16(2)22(30)28-13-12-17-8-4-5-9-18(17)14-28/h4-11,16H,3,12-15H2,1-2H3. The van der Waals surface area contributed by atoms with Crippen molar-refractivity contribution < 1.29 is 4.79 Å². The van der Waals surface area contributed by atoms with E-state index in [1.165, 1.54) is 27.6 Å². The predicted octanol–water partition coefficient (Wildman–Crippen LogP) is 5.27. The molecular formula is C24H25N5OS3. The minimum atomic E-state index is -0.213. The highest BCUT2D eigenvalue weighted by atomic mass is 32.2. The Labute approximate surface area is 205 Å². The molecule has 0 saturated carbocycles. The third-order valence-electron chi connectivity index (χ3n) is 5.78. The summed E-state index contributed by atoms with van der Waals surface area (Å²) in [6.07, 6.45) is 0.914. The van der Waals surface area contributed by atoms with Gasteiger partial charge in [-0.15, -0.1) is 21.5 Å². The Bertz CT molecular complexity index is 1250. The normalized spacial score (nSPS) is 14.4. The molecule has 3 heterocycles. The largest absolute Gasteiger partial charge is 0.337 e. The number of carbonyl (C=O) groups is 1. The molecule has 33 heavy (non-hydrogen) atoms. The molecule has 1 atom stereocenters. The molecule has 2 aromatic carbocycles. The Morgan fingerprint density at radius 1 is 1.12 bits per heavy atom. The number of benzene rings is 2. The zero-order valence-electron chi connectivity index (χ0n) is 18.6. The van der Waals surface area contributed by atoms with Crippen molar-refractivity contribution in [2.75, 3.05) is 6.54 Å². The van der Waals surface area contributed by atoms with Crippen molar-refractivity contribution in [1.82, 2.24) is 24.6 Å². The first kappa shape index (κ1) is 22.4. The van der Waals surface area contributed by atoms with Crippen LogP contribution in [0.3, 0.4) is 0 Å². The highest BCUT2D eigenvalue weighted by Crippen LogP contribution is 2.32. The Morgan fingerprint density at radius 3 is 2.73 bits per heavy atom. The van der Waals surface area contributed by atoms with E-state index in [9.17, 15) is 4.79 Å². The van der Waals surface area contributed by atoms with Crippen molar-refractivity contribution in [2.45, 2.75) is 53.9 Å². The first-order valence-electron chi connectivity index (χ1n) is 11.0. The van der Waals surface area contributed by atoms with Gasteiger partial charge in [0.15, 0.2) is 9.50 Å². The van der Waals surface area contributed by atoms with Crippen molar-refractivity contribution in [3.8, 4) is 0 Å². The van der Waals surface area contributed by atoms with Gasteiger partial charge in [-0.25, -0.2) is 4.98 Å². The molecule has 170 valence electrons. The average molecular weight is 496 g/mol. The van der Waals surface area contributed by atoms with Crippen molar-refractivity contribution in [2.24, 2.45) is 0 Å². The summed E-state index contributed by atoms with van der Waals surface area (Å²) in [5.41, 5.74) is 3.63. The van der Waals surface area contributed by atoms with Crippen molar-refractivity contribution in [3.05, 3.63) is 65.5 Å². The van der Waals surface area contributed by atoms with Crippen LogP contribution in [0.2, 0.25) is 0 Å². The van der Waals surface area contributed by atoms with Gasteiger partial charge in [0.2, 0.25) is 5.91 Å². The Morgan fingerprint density at radius 2 is 1.91 bits per heavy atom. The summed E-state index contributed by atoms with van der Waals surface area (Å²) in [7, 11) is 0. The molecule has 2 aromatic heterocycles. The minimum absolute atomic E-state index is 0.158. The van der Waals surface area contributed by atoms with Gasteiger partial charge in [-0.2, -0.15) is 0 Å². The molecule has 0 N–H and O–H groups in total. The van der Waals surface area contributed by atoms with Crippen LogP contribution in [0.5, 0.6) is 0 Å². The van der Waals surface area contributed by atoms with Gasteiger partial charge in [-0.3, -0.25) is 4.79 Å². The molecule has 9 heteroatoms. The third-order valence-corrected chi connectivity index (χ3v) is 9.02. The molecule has 0 bridgehead atoms. The molecule has 1 amide bonds. The van der Waals surface area contributed by atoms with E-state index in [-0.39, 0.29) is 11.2 Å². The van der Waals surface area contributed by atoms with Gasteiger partial charge in [0.25, 0.3) is 0 Å². The lowest BCUT2D eigenvalue weighted by Gasteiger charge is -2.30. The van der Waals surface area contributed by atoms with Gasteiger partial charge in [-0.05, 0) is 43.5 Å². The number of thioether (sulfide) groups is 2. The number of fused-ring (bicyclic) bond motifs is 2. The number of hydrogen-bond acceptors (Lipinski definition) is 7. The molecular weight excluding hydrogens is 470 g/mol. The number of thiazole rings is 1. The molecule has 1 aliphatic heterocycles. The molecule has 1 aliphatic rings. The smallest absolute Gasteiger partial charge is 0.236 e. The molecule has 6 nitrogen and oxygen atoms in total. The summed E-state index contributed by atoms with van der Waals surface area (Å²) in [6.45, 7) is 6.28. The molecule has 4 aromatic rings. The Kier molecular flexibility index (Phi) is 6.71. The van der Waals surface area contributed by atoms with E-state index in [1.807, 2.05) is 36.1 Å². The quantitative estimate of drug-likeness (QED) is 0.326. The zero-order valence-corrected chi connectivity index (χ0v) is 21.1. The number of rotatable bonds is 7. The van der Waals surface area contributed by atoms with Gasteiger partial charge < -0.3 is 9.47 Å². The fourth-order valence-corrected chi connectivity index (χ4v) is 7.04. The number of amides is 1. The Balaban J connectivity index is 1.24. The number of nitrogens with zero attached hydrogens (tertiary/aromatic N) is 5. The number of aromatic nitrogens is 4. The topological polar surface area (TPSA) is 63.9 Å². The Hall–Kier alpha value is -2.36. The summed E-state index contributed by atoms with van der Waals surface area (Å²) in [5, 5.41) is 9.44. The second-order valence-electron chi connectivity index (χ2n) is 7.92.